The number of methoxy groups -OCH3 is 1. The van der Waals surface area contributed by atoms with E-state index in [0.29, 0.717) is 11.3 Å². The highest BCUT2D eigenvalue weighted by Gasteiger charge is 2.57. The van der Waals surface area contributed by atoms with Gasteiger partial charge < -0.3 is 25.4 Å². The molecule has 2 aromatic heterocycles. The van der Waals surface area contributed by atoms with Crippen molar-refractivity contribution < 1.29 is 42.5 Å². The molecule has 4 rings (SSSR count). The van der Waals surface area contributed by atoms with Gasteiger partial charge in [0.1, 0.15) is 18.0 Å². The second-order valence-corrected chi connectivity index (χ2v) is 13.7. The molecular weight excluding hydrogens is 634 g/mol. The number of alkyl halides is 1. The second kappa shape index (κ2) is 14.1. The minimum atomic E-state index is -4.16. The third-order valence-corrected chi connectivity index (χ3v) is 9.82. The number of nitrogens with zero attached hydrogens (tertiary/aromatic N) is 3. The number of carbonyl (C=O) groups is 1. The van der Waals surface area contributed by atoms with Crippen molar-refractivity contribution in [2.24, 2.45) is 5.41 Å². The number of fused-ring (bicyclic) bond motifs is 1. The van der Waals surface area contributed by atoms with Crippen molar-refractivity contribution >= 4 is 41.7 Å². The molecule has 0 aliphatic carbocycles. The molecule has 0 spiro atoms. The van der Waals surface area contributed by atoms with Crippen LogP contribution in [0.15, 0.2) is 48.0 Å². The summed E-state index contributed by atoms with van der Waals surface area (Å²) in [6.07, 6.45) is -2.88. The van der Waals surface area contributed by atoms with Crippen LogP contribution in [-0.2, 0) is 29.7 Å². The van der Waals surface area contributed by atoms with Crippen LogP contribution in [0.3, 0.4) is 0 Å². The summed E-state index contributed by atoms with van der Waals surface area (Å²) in [4.78, 5) is 34.9. The molecule has 0 amide bonds. The molecule has 0 radical (unpaired) electrons. The average molecular weight is 671 g/mol. The number of hydrogen-bond acceptors (Lipinski definition) is 13. The number of H-pyrrole nitrogens is 1. The number of anilines is 1. The number of ether oxygens (including phenoxy) is 2. The number of nitrogens with one attached hydrogen (secondary N) is 2. The Labute approximate surface area is 261 Å². The lowest BCUT2D eigenvalue weighted by Gasteiger charge is -2.25. The first-order valence-electron chi connectivity index (χ1n) is 13.7. The molecule has 45 heavy (non-hydrogen) atoms. The van der Waals surface area contributed by atoms with Gasteiger partial charge in [-0.1, -0.05) is 30.5 Å². The first kappa shape index (κ1) is 34.7. The molecule has 1 fully saturated rings. The Bertz CT molecular complexity index is 1620. The zero-order valence-electron chi connectivity index (χ0n) is 24.8. The Morgan fingerprint density at radius 1 is 1.38 bits per heavy atom. The first-order valence-corrected chi connectivity index (χ1v) is 16.2. The summed E-state index contributed by atoms with van der Waals surface area (Å²) in [6.45, 7) is 5.59. The number of imidazole rings is 1. The van der Waals surface area contributed by atoms with Gasteiger partial charge in [0, 0.05) is 12.3 Å². The van der Waals surface area contributed by atoms with Gasteiger partial charge in [-0.05, 0) is 37.6 Å². The molecule has 0 saturated carbocycles. The summed E-state index contributed by atoms with van der Waals surface area (Å²) >= 11 is 0.900. The van der Waals surface area contributed by atoms with Crippen molar-refractivity contribution in [2.45, 2.75) is 44.5 Å². The second-order valence-electron chi connectivity index (χ2n) is 10.8. The van der Waals surface area contributed by atoms with Gasteiger partial charge in [-0.25, -0.2) is 19.0 Å². The topological polar surface area (TPSA) is 213 Å². The van der Waals surface area contributed by atoms with Gasteiger partial charge in [-0.3, -0.25) is 28.2 Å². The number of carbonyl (C=O) groups excluding carboxylic acids is 1. The van der Waals surface area contributed by atoms with Crippen LogP contribution < -0.4 is 21.1 Å². The van der Waals surface area contributed by atoms with Crippen LogP contribution in [-0.4, -0.2) is 85.4 Å². The van der Waals surface area contributed by atoms with E-state index in [9.17, 15) is 24.4 Å². The summed E-state index contributed by atoms with van der Waals surface area (Å²) in [5.41, 5.74) is 1.91. The van der Waals surface area contributed by atoms with Crippen LogP contribution in [0.2, 0.25) is 0 Å². The number of aliphatic hydroxyl groups is 2. The van der Waals surface area contributed by atoms with Crippen molar-refractivity contribution in [1.82, 2.24) is 24.6 Å². The van der Waals surface area contributed by atoms with E-state index in [2.05, 4.69) is 26.6 Å². The molecule has 1 unspecified atom stereocenters. The predicted octanol–water partition coefficient (Wildman–Crippen LogP) is 2.07. The fourth-order valence-electron chi connectivity index (χ4n) is 4.30. The van der Waals surface area contributed by atoms with Gasteiger partial charge in [0.15, 0.2) is 22.5 Å². The van der Waals surface area contributed by atoms with E-state index in [-0.39, 0.29) is 47.7 Å². The van der Waals surface area contributed by atoms with Gasteiger partial charge in [0.05, 0.1) is 38.7 Å². The van der Waals surface area contributed by atoms with Crippen LogP contribution in [0.5, 0.6) is 5.75 Å². The van der Waals surface area contributed by atoms with Crippen LogP contribution in [0.4, 0.5) is 10.3 Å². The molecule has 1 aromatic carbocycles. The number of nitrogens with two attached hydrogens (primary N) is 1. The molecular formula is C27H36FN6O9PS. The molecule has 15 nitrogen and oxygen atoms in total. The number of thioether (sulfide) groups is 1. The lowest BCUT2D eigenvalue weighted by molar-refractivity contribution is -0.119. The molecule has 1 aliphatic heterocycles. The van der Waals surface area contributed by atoms with E-state index in [1.54, 1.807) is 38.1 Å². The van der Waals surface area contributed by atoms with Gasteiger partial charge in [-0.15, -0.1) is 0 Å². The number of halogens is 1. The minimum Gasteiger partial charge on any atom is -0.497 e. The Hall–Kier alpha value is -3.15. The van der Waals surface area contributed by atoms with E-state index in [0.717, 1.165) is 28.7 Å². The maximum atomic E-state index is 16.2. The van der Waals surface area contributed by atoms with E-state index in [4.69, 9.17) is 24.3 Å². The summed E-state index contributed by atoms with van der Waals surface area (Å²) in [5.74, 6) is 0.475. The monoisotopic (exact) mass is 670 g/mol. The molecule has 18 heteroatoms. The normalized spacial score (nSPS) is 23.2. The summed E-state index contributed by atoms with van der Waals surface area (Å²) in [7, 11) is -2.64. The zero-order valence-corrected chi connectivity index (χ0v) is 26.6. The van der Waals surface area contributed by atoms with Crippen molar-refractivity contribution in [3.05, 3.63) is 59.2 Å². The van der Waals surface area contributed by atoms with Crippen LogP contribution >= 0.6 is 19.5 Å². The molecule has 3 heterocycles. The van der Waals surface area contributed by atoms with E-state index in [1.807, 2.05) is 0 Å². The highest BCUT2D eigenvalue weighted by atomic mass is 32.2. The van der Waals surface area contributed by atoms with Gasteiger partial charge in [0.2, 0.25) is 11.6 Å². The number of aromatic nitrogens is 4. The third-order valence-electron chi connectivity index (χ3n) is 7.07. The molecule has 6 N–H and O–H groups in total. The lowest BCUT2D eigenvalue weighted by atomic mass is 9.96. The minimum absolute atomic E-state index is 0.0317. The molecule has 1 saturated heterocycles. The Balaban J connectivity index is 1.50. The standard InChI is InChI=1S/C27H36FN6O9PS/c1-5-27(28)20(36)18(43-23(27)34-15-30-19-21(34)32-25(29)33-22(19)37)13-42-44(39,31-12-16-6-8-17(40-4)9-7-16)41-10-11-45-24(38)26(2,3)14-35/h5-9,15,18,20,23,35-36H,1,10-14H2,2-4H3,(H,31,39)(H3,29,32,33,37)/t18-,20-,23-,27-,44?/m1/s1. The molecule has 3 aromatic rings. The number of rotatable bonds is 15. The van der Waals surface area contributed by atoms with Gasteiger partial charge in [0.25, 0.3) is 5.56 Å². The molecule has 5 atom stereocenters. The van der Waals surface area contributed by atoms with E-state index in [1.165, 1.54) is 7.11 Å². The van der Waals surface area contributed by atoms with E-state index >= 15 is 4.39 Å². The SMILES string of the molecule is C=C[C@@]1(F)[C@H](O)[C@@H](COP(=O)(NCc2ccc(OC)cc2)OCCSC(=O)C(C)(C)CO)O[C@H]1n1cnc2c(=O)[nH]c(N)nc21. The predicted molar refractivity (Wildman–Crippen MR) is 164 cm³/mol. The number of aromatic amines is 1. The van der Waals surface area contributed by atoms with E-state index < -0.39 is 49.4 Å². The fraction of sp³-hybridized carbons (Fsp3) is 0.481. The molecule has 246 valence electrons. The Kier molecular flexibility index (Phi) is 10.9. The summed E-state index contributed by atoms with van der Waals surface area (Å²) in [6, 6.07) is 6.89. The zero-order chi connectivity index (χ0) is 33.0. The first-order chi connectivity index (χ1) is 21.3. The van der Waals surface area contributed by atoms with Crippen LogP contribution in [0, 0.1) is 5.41 Å². The fourth-order valence-corrected chi connectivity index (χ4v) is 6.54. The Morgan fingerprint density at radius 2 is 2.09 bits per heavy atom. The van der Waals surface area contributed by atoms with Crippen molar-refractivity contribution in [1.29, 1.82) is 0 Å². The van der Waals surface area contributed by atoms with Crippen molar-refractivity contribution in [2.75, 3.05) is 38.4 Å². The van der Waals surface area contributed by atoms with Gasteiger partial charge in [-0.2, -0.15) is 4.98 Å². The van der Waals surface area contributed by atoms with Gasteiger partial charge >= 0.3 is 7.75 Å². The van der Waals surface area contributed by atoms with Crippen LogP contribution in [0.1, 0.15) is 25.6 Å². The number of benzene rings is 1. The van der Waals surface area contributed by atoms with Crippen molar-refractivity contribution in [3.8, 4) is 5.75 Å². The lowest BCUT2D eigenvalue weighted by Crippen LogP contribution is -2.41. The highest BCUT2D eigenvalue weighted by molar-refractivity contribution is 8.13. The highest BCUT2D eigenvalue weighted by Crippen LogP contribution is 2.48. The smallest absolute Gasteiger partial charge is 0.405 e. The molecule has 1 aliphatic rings. The third kappa shape index (κ3) is 7.64. The number of hydrogen-bond donors (Lipinski definition) is 5. The Morgan fingerprint density at radius 3 is 2.73 bits per heavy atom. The van der Waals surface area contributed by atoms with Crippen LogP contribution in [0.25, 0.3) is 11.2 Å². The summed E-state index contributed by atoms with van der Waals surface area (Å²) in [5, 5.41) is 22.8. The maximum Gasteiger partial charge on any atom is 0.405 e. The number of aliphatic hydroxyl groups excluding tert-OH is 2. The largest absolute Gasteiger partial charge is 0.497 e. The quantitative estimate of drug-likeness (QED) is 0.0890. The summed E-state index contributed by atoms with van der Waals surface area (Å²) < 4.78 is 53.3. The average Bonchev–Trinajstić information content (AvgIpc) is 3.55. The maximum absolute atomic E-state index is 16.2. The van der Waals surface area contributed by atoms with Crippen molar-refractivity contribution in [3.63, 3.8) is 0 Å². The number of nitrogen functional groups attached to an aromatic ring is 1. The molecule has 0 bridgehead atoms.